The van der Waals surface area contributed by atoms with Crippen molar-refractivity contribution < 1.29 is 33.0 Å². The molecule has 1 aromatic carbocycles. The number of ether oxygens (including phenoxy) is 2. The van der Waals surface area contributed by atoms with Crippen LogP contribution in [-0.4, -0.2) is 25.5 Å². The number of halogens is 2. The number of hydrogen-bond donors (Lipinski definition) is 0. The van der Waals surface area contributed by atoms with Gasteiger partial charge in [0.1, 0.15) is 0 Å². The van der Waals surface area contributed by atoms with Crippen molar-refractivity contribution in [1.29, 1.82) is 0 Å². The molecule has 0 radical (unpaired) electrons. The van der Waals surface area contributed by atoms with E-state index in [0.29, 0.717) is 0 Å². The van der Waals surface area contributed by atoms with Crippen molar-refractivity contribution in [3.8, 4) is 11.5 Å². The quantitative estimate of drug-likeness (QED) is 0.565. The maximum Gasteiger partial charge on any atom is 0.387 e. The average molecular weight is 353 g/mol. The Morgan fingerprint density at radius 3 is 2.50 bits per heavy atom. The van der Waals surface area contributed by atoms with Gasteiger partial charge in [-0.3, -0.25) is 4.79 Å². The third-order valence-corrected chi connectivity index (χ3v) is 3.98. The van der Waals surface area contributed by atoms with Crippen LogP contribution < -0.4 is 14.6 Å². The van der Waals surface area contributed by atoms with Crippen LogP contribution in [0.25, 0.3) is 6.08 Å². The van der Waals surface area contributed by atoms with Crippen LogP contribution in [0.3, 0.4) is 0 Å². The summed E-state index contributed by atoms with van der Waals surface area (Å²) in [6.07, 6.45) is 2.43. The molecule has 0 unspecified atom stereocenters. The fourth-order valence-electron chi connectivity index (χ4n) is 1.87. The number of para-hydroxylation sites is 1. The zero-order valence-corrected chi connectivity index (χ0v) is 13.1. The topological polar surface area (TPSA) is 75.7 Å². The molecule has 0 spiro atoms. The number of rotatable bonds is 7. The van der Waals surface area contributed by atoms with E-state index in [1.54, 1.807) is 6.07 Å². The molecule has 1 heterocycles. The molecule has 2 aromatic rings. The van der Waals surface area contributed by atoms with Gasteiger partial charge in [-0.25, -0.2) is 0 Å². The molecule has 0 aliphatic carbocycles. The highest BCUT2D eigenvalue weighted by Crippen LogP contribution is 2.33. The Bertz CT molecular complexity index is 783. The first-order valence-corrected chi connectivity index (χ1v) is 7.39. The second kappa shape index (κ2) is 7.69. The van der Waals surface area contributed by atoms with Gasteiger partial charge in [-0.2, -0.15) is 8.78 Å². The molecule has 0 atom stereocenters. The molecule has 0 saturated carbocycles. The number of allylic oxidation sites excluding steroid dienone is 1. The number of hydrogen-bond acceptors (Lipinski definition) is 6. The van der Waals surface area contributed by atoms with Gasteiger partial charge in [0, 0.05) is 5.56 Å². The number of carboxylic acids is 1. The van der Waals surface area contributed by atoms with Crippen molar-refractivity contribution in [3.63, 3.8) is 0 Å². The monoisotopic (exact) mass is 353 g/mol. The number of ketones is 1. The largest absolute Gasteiger partial charge is 0.544 e. The molecule has 0 amide bonds. The van der Waals surface area contributed by atoms with Crippen LogP contribution in [0.5, 0.6) is 11.5 Å². The zero-order valence-electron chi connectivity index (χ0n) is 12.3. The Kier molecular flexibility index (Phi) is 5.64. The van der Waals surface area contributed by atoms with E-state index in [2.05, 4.69) is 4.74 Å². The van der Waals surface area contributed by atoms with Gasteiger partial charge in [-0.15, -0.1) is 11.3 Å². The number of alkyl halides is 2. The molecule has 0 bridgehead atoms. The molecule has 0 fully saturated rings. The summed E-state index contributed by atoms with van der Waals surface area (Å²) < 4.78 is 34.5. The first kappa shape index (κ1) is 17.6. The van der Waals surface area contributed by atoms with E-state index < -0.39 is 18.4 Å². The zero-order chi connectivity index (χ0) is 17.7. The predicted octanol–water partition coefficient (Wildman–Crippen LogP) is 2.62. The number of carboxylic acid groups (broad SMARTS) is 1. The third kappa shape index (κ3) is 4.17. The normalized spacial score (nSPS) is 11.0. The number of carbonyl (C=O) groups is 2. The standard InChI is InChI=1S/C16H12F2O5S/c1-22-11-4-2-3-9(14(11)23-16(17)18)5-6-10(19)12-7-8-13(24-12)15(20)21/h2-8,16H,1H3,(H,20,21)/p-1/b6-5+. The van der Waals surface area contributed by atoms with Gasteiger partial charge in [-0.05, 0) is 30.4 Å². The highest BCUT2D eigenvalue weighted by molar-refractivity contribution is 7.16. The molecular formula is C16H11F2O5S-. The Morgan fingerprint density at radius 2 is 1.92 bits per heavy atom. The molecule has 0 aliphatic rings. The van der Waals surface area contributed by atoms with Gasteiger partial charge in [-0.1, -0.05) is 12.1 Å². The van der Waals surface area contributed by atoms with E-state index in [1.165, 1.54) is 37.5 Å². The van der Waals surface area contributed by atoms with Crippen molar-refractivity contribution in [2.75, 3.05) is 7.11 Å². The molecule has 24 heavy (non-hydrogen) atoms. The smallest absolute Gasteiger partial charge is 0.387 e. The van der Waals surface area contributed by atoms with E-state index in [1.807, 2.05) is 0 Å². The molecule has 126 valence electrons. The lowest BCUT2D eigenvalue weighted by molar-refractivity contribution is -0.254. The first-order chi connectivity index (χ1) is 11.4. The van der Waals surface area contributed by atoms with Crippen molar-refractivity contribution in [2.24, 2.45) is 0 Å². The van der Waals surface area contributed by atoms with Crippen LogP contribution in [0.15, 0.2) is 36.4 Å². The summed E-state index contributed by atoms with van der Waals surface area (Å²) in [4.78, 5) is 22.8. The van der Waals surface area contributed by atoms with Crippen molar-refractivity contribution >= 4 is 29.2 Å². The summed E-state index contributed by atoms with van der Waals surface area (Å²) in [5.41, 5.74) is 0.222. The second-order valence-corrected chi connectivity index (χ2v) is 5.49. The number of aromatic carboxylic acids is 1. The summed E-state index contributed by atoms with van der Waals surface area (Å²) in [6, 6.07) is 7.09. The van der Waals surface area contributed by atoms with Gasteiger partial charge in [0.05, 0.1) is 22.8 Å². The maximum absolute atomic E-state index is 12.5. The number of carbonyl (C=O) groups excluding carboxylic acids is 2. The molecule has 0 N–H and O–H groups in total. The van der Waals surface area contributed by atoms with E-state index in [0.717, 1.165) is 17.4 Å². The van der Waals surface area contributed by atoms with Crippen LogP contribution in [0.4, 0.5) is 8.78 Å². The summed E-state index contributed by atoms with van der Waals surface area (Å²) >= 11 is 0.768. The van der Waals surface area contributed by atoms with Crippen molar-refractivity contribution in [2.45, 2.75) is 6.61 Å². The van der Waals surface area contributed by atoms with E-state index >= 15 is 0 Å². The summed E-state index contributed by atoms with van der Waals surface area (Å²) in [6.45, 7) is -3.05. The second-order valence-electron chi connectivity index (χ2n) is 4.41. The lowest BCUT2D eigenvalue weighted by atomic mass is 10.1. The maximum atomic E-state index is 12.5. The molecule has 2 rings (SSSR count). The average Bonchev–Trinajstić information content (AvgIpc) is 3.03. The molecule has 8 heteroatoms. The van der Waals surface area contributed by atoms with Crippen LogP contribution in [0.2, 0.25) is 0 Å². The number of methoxy groups -OCH3 is 1. The number of benzene rings is 1. The summed E-state index contributed by atoms with van der Waals surface area (Å²) in [5.74, 6) is -1.94. The molecular weight excluding hydrogens is 342 g/mol. The fourth-order valence-corrected chi connectivity index (χ4v) is 2.63. The van der Waals surface area contributed by atoms with Gasteiger partial charge in [0.15, 0.2) is 17.3 Å². The van der Waals surface area contributed by atoms with Gasteiger partial charge in [0.2, 0.25) is 0 Å². The Morgan fingerprint density at radius 1 is 1.21 bits per heavy atom. The molecule has 0 aliphatic heterocycles. The molecule has 5 nitrogen and oxygen atoms in total. The van der Waals surface area contributed by atoms with Crippen LogP contribution in [0, 0.1) is 0 Å². The van der Waals surface area contributed by atoms with E-state index in [9.17, 15) is 23.5 Å². The minimum atomic E-state index is -3.05. The lowest BCUT2D eigenvalue weighted by Crippen LogP contribution is -2.20. The SMILES string of the molecule is COc1cccc(/C=C/C(=O)c2ccc(C(=O)[O-])s2)c1OC(F)F. The lowest BCUT2D eigenvalue weighted by Gasteiger charge is -2.12. The molecule has 0 saturated heterocycles. The van der Waals surface area contributed by atoms with Gasteiger partial charge >= 0.3 is 6.61 Å². The third-order valence-electron chi connectivity index (χ3n) is 2.90. The fraction of sp³-hybridized carbons (Fsp3) is 0.125. The van der Waals surface area contributed by atoms with Crippen LogP contribution in [-0.2, 0) is 0 Å². The Hall–Kier alpha value is -2.74. The van der Waals surface area contributed by atoms with Crippen molar-refractivity contribution in [1.82, 2.24) is 0 Å². The highest BCUT2D eigenvalue weighted by Gasteiger charge is 2.14. The minimum Gasteiger partial charge on any atom is -0.544 e. The minimum absolute atomic E-state index is 0.0742. The van der Waals surface area contributed by atoms with Crippen molar-refractivity contribution in [3.05, 3.63) is 51.7 Å². The van der Waals surface area contributed by atoms with Crippen LogP contribution in [0.1, 0.15) is 24.9 Å². The Labute approximate surface area is 139 Å². The molecule has 1 aromatic heterocycles. The number of thiophene rings is 1. The van der Waals surface area contributed by atoms with Crippen LogP contribution >= 0.6 is 11.3 Å². The first-order valence-electron chi connectivity index (χ1n) is 6.57. The predicted molar refractivity (Wildman–Crippen MR) is 81.6 cm³/mol. The highest BCUT2D eigenvalue weighted by atomic mass is 32.1. The van der Waals surface area contributed by atoms with E-state index in [-0.39, 0.29) is 26.8 Å². The van der Waals surface area contributed by atoms with Gasteiger partial charge < -0.3 is 19.4 Å². The van der Waals surface area contributed by atoms with Gasteiger partial charge in [0.25, 0.3) is 0 Å². The summed E-state index contributed by atoms with van der Waals surface area (Å²) in [7, 11) is 1.30. The Balaban J connectivity index is 2.27. The summed E-state index contributed by atoms with van der Waals surface area (Å²) in [5, 5.41) is 10.7. The van der Waals surface area contributed by atoms with E-state index in [4.69, 9.17) is 4.74 Å².